The lowest BCUT2D eigenvalue weighted by molar-refractivity contribution is 0.0472. The molecule has 0 unspecified atom stereocenters. The van der Waals surface area contributed by atoms with E-state index in [2.05, 4.69) is 15.9 Å². The van der Waals surface area contributed by atoms with Crippen LogP contribution in [0.25, 0.3) is 0 Å². The summed E-state index contributed by atoms with van der Waals surface area (Å²) < 4.78 is 11.8. The van der Waals surface area contributed by atoms with Crippen LogP contribution in [0.2, 0.25) is 0 Å². The number of ether oxygens (including phenoxy) is 2. The van der Waals surface area contributed by atoms with Crippen molar-refractivity contribution >= 4 is 33.7 Å². The van der Waals surface area contributed by atoms with Gasteiger partial charge < -0.3 is 9.47 Å². The third-order valence-electron chi connectivity index (χ3n) is 4.64. The first-order valence-corrected chi connectivity index (χ1v) is 11.2. The van der Waals surface area contributed by atoms with Gasteiger partial charge in [0.05, 0.1) is 18.7 Å². The van der Waals surface area contributed by atoms with Gasteiger partial charge in [-0.1, -0.05) is 72.2 Å². The van der Waals surface area contributed by atoms with Crippen molar-refractivity contribution < 1.29 is 19.1 Å². The zero-order chi connectivity index (χ0) is 22.9. The Hall–Kier alpha value is -3.12. The molecule has 166 valence electrons. The van der Waals surface area contributed by atoms with Crippen LogP contribution in [-0.2, 0) is 22.6 Å². The van der Waals surface area contributed by atoms with Crippen LogP contribution in [0.5, 0.6) is 0 Å². The second-order valence-corrected chi connectivity index (χ2v) is 8.71. The Kier molecular flexibility index (Phi) is 8.45. The van der Waals surface area contributed by atoms with Crippen LogP contribution in [-0.4, -0.2) is 18.7 Å². The lowest BCUT2D eigenvalue weighted by atomic mass is 10.1. The molecule has 32 heavy (non-hydrogen) atoms. The first kappa shape index (κ1) is 23.5. The maximum atomic E-state index is 12.8. The molecule has 0 saturated carbocycles. The van der Waals surface area contributed by atoms with E-state index in [1.165, 1.54) is 0 Å². The minimum absolute atomic E-state index is 0.207. The summed E-state index contributed by atoms with van der Waals surface area (Å²) >= 11 is 3.43. The molecule has 0 saturated heterocycles. The van der Waals surface area contributed by atoms with Crippen LogP contribution in [0.1, 0.15) is 35.3 Å². The van der Waals surface area contributed by atoms with Gasteiger partial charge >= 0.3 is 12.1 Å². The minimum atomic E-state index is -0.430. The van der Waals surface area contributed by atoms with E-state index in [1.807, 2.05) is 68.4 Å². The van der Waals surface area contributed by atoms with Crippen LogP contribution in [0.3, 0.4) is 0 Å². The monoisotopic (exact) mass is 495 g/mol. The van der Waals surface area contributed by atoms with Crippen LogP contribution >= 0.6 is 15.9 Å². The number of nitrogens with zero attached hydrogens (tertiary/aromatic N) is 1. The van der Waals surface area contributed by atoms with Gasteiger partial charge in [-0.15, -0.1) is 0 Å². The quantitative estimate of drug-likeness (QED) is 0.330. The van der Waals surface area contributed by atoms with Crippen LogP contribution in [0.15, 0.2) is 83.3 Å². The molecule has 3 aromatic carbocycles. The molecule has 6 heteroatoms. The maximum absolute atomic E-state index is 12.8. The molecule has 0 aliphatic carbocycles. The molecule has 0 bridgehead atoms. The van der Waals surface area contributed by atoms with Crippen molar-refractivity contribution in [3.63, 3.8) is 0 Å². The van der Waals surface area contributed by atoms with Crippen molar-refractivity contribution in [3.8, 4) is 0 Å². The summed E-state index contributed by atoms with van der Waals surface area (Å²) in [5, 5.41) is 0. The van der Waals surface area contributed by atoms with E-state index in [-0.39, 0.29) is 12.5 Å². The van der Waals surface area contributed by atoms with Gasteiger partial charge in [0.2, 0.25) is 0 Å². The summed E-state index contributed by atoms with van der Waals surface area (Å²) in [4.78, 5) is 26.8. The average molecular weight is 496 g/mol. The number of carbonyl (C=O) groups is 2. The highest BCUT2D eigenvalue weighted by molar-refractivity contribution is 9.10. The molecule has 0 radical (unpaired) electrons. The lowest BCUT2D eigenvalue weighted by Crippen LogP contribution is -2.32. The van der Waals surface area contributed by atoms with Crippen molar-refractivity contribution in [2.45, 2.75) is 27.0 Å². The Morgan fingerprint density at radius 3 is 2.12 bits per heavy atom. The molecule has 0 heterocycles. The van der Waals surface area contributed by atoms with E-state index in [0.717, 1.165) is 15.6 Å². The summed E-state index contributed by atoms with van der Waals surface area (Å²) in [6.07, 6.45) is -0.430. The number of amides is 1. The average Bonchev–Trinajstić information content (AvgIpc) is 2.81. The summed E-state index contributed by atoms with van der Waals surface area (Å²) in [5.74, 6) is -0.183. The third-order valence-corrected chi connectivity index (χ3v) is 5.17. The number of benzene rings is 3. The zero-order valence-corrected chi connectivity index (χ0v) is 19.7. The molecule has 0 aliphatic rings. The van der Waals surface area contributed by atoms with E-state index in [4.69, 9.17) is 9.47 Å². The highest BCUT2D eigenvalue weighted by atomic mass is 79.9. The molecule has 0 atom stereocenters. The molecular weight excluding hydrogens is 470 g/mol. The SMILES string of the molecule is CC(C)COC(=O)N(Cc1ccc(Br)cc1)c1ccc(C(=O)OCc2ccccc2)cc1. The maximum Gasteiger partial charge on any atom is 0.414 e. The smallest absolute Gasteiger partial charge is 0.414 e. The standard InChI is InChI=1S/C26H26BrNO4/c1-19(2)17-32-26(30)28(16-20-8-12-23(27)13-9-20)24-14-10-22(11-15-24)25(29)31-18-21-6-4-3-5-7-21/h3-15,19H,16-18H2,1-2H3. The molecule has 1 amide bonds. The van der Waals surface area contributed by atoms with Gasteiger partial charge in [0.25, 0.3) is 0 Å². The third kappa shape index (κ3) is 6.95. The fourth-order valence-corrected chi connectivity index (χ4v) is 3.20. The van der Waals surface area contributed by atoms with E-state index < -0.39 is 12.1 Å². The van der Waals surface area contributed by atoms with E-state index >= 15 is 0 Å². The van der Waals surface area contributed by atoms with Gasteiger partial charge in [0.1, 0.15) is 6.61 Å². The fourth-order valence-electron chi connectivity index (χ4n) is 2.93. The molecule has 0 aliphatic heterocycles. The van der Waals surface area contributed by atoms with Crippen LogP contribution in [0.4, 0.5) is 10.5 Å². The van der Waals surface area contributed by atoms with Crippen LogP contribution in [0, 0.1) is 5.92 Å². The van der Waals surface area contributed by atoms with Crippen molar-refractivity contribution in [2.75, 3.05) is 11.5 Å². The molecular formula is C26H26BrNO4. The Morgan fingerprint density at radius 1 is 0.844 bits per heavy atom. The largest absolute Gasteiger partial charge is 0.457 e. The minimum Gasteiger partial charge on any atom is -0.457 e. The second kappa shape index (κ2) is 11.5. The lowest BCUT2D eigenvalue weighted by Gasteiger charge is -2.23. The zero-order valence-electron chi connectivity index (χ0n) is 18.2. The number of carbonyl (C=O) groups excluding carboxylic acids is 2. The molecule has 5 nitrogen and oxygen atoms in total. The molecule has 0 aromatic heterocycles. The number of rotatable bonds is 8. The molecule has 0 N–H and O–H groups in total. The van der Waals surface area contributed by atoms with Crippen molar-refractivity contribution in [2.24, 2.45) is 5.92 Å². The number of esters is 1. The first-order chi connectivity index (χ1) is 15.4. The predicted molar refractivity (Wildman–Crippen MR) is 129 cm³/mol. The van der Waals surface area contributed by atoms with Gasteiger partial charge in [-0.05, 0) is 53.4 Å². The second-order valence-electron chi connectivity index (χ2n) is 7.79. The topological polar surface area (TPSA) is 55.8 Å². The van der Waals surface area contributed by atoms with Crippen molar-refractivity contribution in [1.82, 2.24) is 0 Å². The van der Waals surface area contributed by atoms with Gasteiger partial charge in [-0.3, -0.25) is 4.90 Å². The first-order valence-electron chi connectivity index (χ1n) is 10.4. The Morgan fingerprint density at radius 2 is 1.50 bits per heavy atom. The Labute approximate surface area is 197 Å². The van der Waals surface area contributed by atoms with Gasteiger partial charge in [0.15, 0.2) is 0 Å². The summed E-state index contributed by atoms with van der Waals surface area (Å²) in [5.41, 5.74) is 2.94. The van der Waals surface area contributed by atoms with E-state index in [1.54, 1.807) is 29.2 Å². The Bertz CT molecular complexity index is 1020. The van der Waals surface area contributed by atoms with Gasteiger partial charge in [-0.25, -0.2) is 9.59 Å². The number of hydrogen-bond donors (Lipinski definition) is 0. The number of hydrogen-bond acceptors (Lipinski definition) is 4. The summed E-state index contributed by atoms with van der Waals surface area (Å²) in [6, 6.07) is 24.0. The number of halogens is 1. The summed E-state index contributed by atoms with van der Waals surface area (Å²) in [6.45, 7) is 4.87. The van der Waals surface area contributed by atoms with Crippen molar-refractivity contribution in [1.29, 1.82) is 0 Å². The summed E-state index contributed by atoms with van der Waals surface area (Å²) in [7, 11) is 0. The molecule has 3 rings (SSSR count). The highest BCUT2D eigenvalue weighted by Gasteiger charge is 2.19. The predicted octanol–water partition coefficient (Wildman–Crippen LogP) is 6.61. The normalized spacial score (nSPS) is 10.6. The van der Waals surface area contributed by atoms with Crippen molar-refractivity contribution in [3.05, 3.63) is 100 Å². The van der Waals surface area contributed by atoms with Crippen LogP contribution < -0.4 is 4.90 Å². The molecule has 3 aromatic rings. The fraction of sp³-hybridized carbons (Fsp3) is 0.231. The molecule has 0 spiro atoms. The highest BCUT2D eigenvalue weighted by Crippen LogP contribution is 2.21. The molecule has 0 fully saturated rings. The van der Waals surface area contributed by atoms with E-state index in [9.17, 15) is 9.59 Å². The van der Waals surface area contributed by atoms with Gasteiger partial charge in [0, 0.05) is 10.2 Å². The Balaban J connectivity index is 1.72. The number of anilines is 1. The van der Waals surface area contributed by atoms with E-state index in [0.29, 0.717) is 24.4 Å². The van der Waals surface area contributed by atoms with Gasteiger partial charge in [-0.2, -0.15) is 0 Å².